The number of hydrogen-bond donors (Lipinski definition) is 0. The van der Waals surface area contributed by atoms with Gasteiger partial charge in [-0.25, -0.2) is 11.1 Å². The van der Waals surface area contributed by atoms with Gasteiger partial charge in [0.1, 0.15) is 18.5 Å². The van der Waals surface area contributed by atoms with Crippen LogP contribution in [0.4, 0.5) is 0 Å². The van der Waals surface area contributed by atoms with Crippen LogP contribution in [0.15, 0.2) is 42.6 Å². The van der Waals surface area contributed by atoms with E-state index in [2.05, 4.69) is 92.5 Å². The van der Waals surface area contributed by atoms with E-state index in [0.717, 1.165) is 22.4 Å². The van der Waals surface area contributed by atoms with Crippen LogP contribution in [0, 0.1) is 20.4 Å². The average Bonchev–Trinajstić information content (AvgIpc) is 2.77. The van der Waals surface area contributed by atoms with Crippen LogP contribution in [0.1, 0.15) is 30.5 Å². The van der Waals surface area contributed by atoms with Crippen molar-refractivity contribution < 1.29 is 9.30 Å². The topological polar surface area (TPSA) is 17.5 Å². The molecule has 0 fully saturated rings. The maximum Gasteiger partial charge on any atom is 0.231 e. The zero-order valence-corrected chi connectivity index (χ0v) is 22.6. The molecule has 4 aromatic rings. The van der Waals surface area contributed by atoms with Gasteiger partial charge in [-0.05, 0) is 47.2 Å². The van der Waals surface area contributed by atoms with Gasteiger partial charge in [0.15, 0.2) is 6.20 Å². The standard InChI is InChI=1S/C30H33N2OSi/c1-18-23-11-10-22(34(7,8)9)16-24(23)19(2)29-26(18)28-27-21(12-13-32(28)6)14-20(15-25(27)33-29)17-30(3,4)31-5/h10-16H,17H2,1-4,6-9H3/q+1. The predicted molar refractivity (Wildman–Crippen MR) is 145 cm³/mol. The van der Waals surface area contributed by atoms with Crippen molar-refractivity contribution in [1.82, 2.24) is 0 Å². The molecule has 3 nitrogen and oxygen atoms in total. The van der Waals surface area contributed by atoms with Gasteiger partial charge in [0.2, 0.25) is 11.2 Å². The summed E-state index contributed by atoms with van der Waals surface area (Å²) in [4.78, 5) is 3.83. The summed E-state index contributed by atoms with van der Waals surface area (Å²) in [6, 6.07) is 13.6. The maximum atomic E-state index is 7.57. The molecule has 0 N–H and O–H groups in total. The Morgan fingerprint density at radius 2 is 1.74 bits per heavy atom. The van der Waals surface area contributed by atoms with Crippen molar-refractivity contribution in [3.05, 3.63) is 70.7 Å². The van der Waals surface area contributed by atoms with Gasteiger partial charge in [0.25, 0.3) is 0 Å². The van der Waals surface area contributed by atoms with Gasteiger partial charge in [-0.1, -0.05) is 49.1 Å². The van der Waals surface area contributed by atoms with Crippen molar-refractivity contribution in [2.75, 3.05) is 0 Å². The molecule has 34 heavy (non-hydrogen) atoms. The molecule has 1 aliphatic heterocycles. The fourth-order valence-electron chi connectivity index (χ4n) is 5.33. The molecule has 172 valence electrons. The number of nitrogens with zero attached hydrogens (tertiary/aromatic N) is 2. The molecule has 1 aromatic heterocycles. The molecular weight excluding hydrogens is 432 g/mol. The third kappa shape index (κ3) is 3.42. The van der Waals surface area contributed by atoms with Crippen LogP contribution in [0.2, 0.25) is 19.6 Å². The average molecular weight is 466 g/mol. The van der Waals surface area contributed by atoms with Gasteiger partial charge in [0.05, 0.1) is 25.4 Å². The monoisotopic (exact) mass is 465 g/mol. The third-order valence-electron chi connectivity index (χ3n) is 7.28. The van der Waals surface area contributed by atoms with E-state index in [1.807, 2.05) is 13.8 Å². The highest BCUT2D eigenvalue weighted by atomic mass is 28.3. The first kappa shape index (κ1) is 22.6. The molecule has 0 bridgehead atoms. The minimum absolute atomic E-state index is 0.439. The summed E-state index contributed by atoms with van der Waals surface area (Å²) in [5.74, 6) is 1.87. The maximum absolute atomic E-state index is 7.57. The molecule has 0 saturated heterocycles. The molecule has 0 radical (unpaired) electrons. The van der Waals surface area contributed by atoms with E-state index in [1.165, 1.54) is 43.7 Å². The SMILES string of the molecule is [C-]#[N+]C(C)(C)Cc1cc2c3c([n+](C)ccc3c1)-c1c(c(C)c3cc([Si](C)(C)C)ccc3c1C)O2. The van der Waals surface area contributed by atoms with E-state index in [0.29, 0.717) is 6.42 Å². The number of fused-ring (bicyclic) bond motifs is 3. The molecule has 0 spiro atoms. The normalized spacial score (nSPS) is 13.0. The Morgan fingerprint density at radius 1 is 1.00 bits per heavy atom. The van der Waals surface area contributed by atoms with Crippen LogP contribution in [-0.2, 0) is 13.5 Å². The number of pyridine rings is 1. The second-order valence-electron chi connectivity index (χ2n) is 11.5. The van der Waals surface area contributed by atoms with Gasteiger partial charge in [-0.3, -0.25) is 0 Å². The van der Waals surface area contributed by atoms with Crippen LogP contribution in [-0.4, -0.2) is 13.6 Å². The van der Waals surface area contributed by atoms with Gasteiger partial charge in [0, 0.05) is 25.5 Å². The van der Waals surface area contributed by atoms with E-state index in [9.17, 15) is 0 Å². The number of hydrogen-bond acceptors (Lipinski definition) is 1. The molecule has 1 aliphatic rings. The van der Waals surface area contributed by atoms with E-state index in [4.69, 9.17) is 11.3 Å². The lowest BCUT2D eigenvalue weighted by atomic mass is 9.88. The molecule has 0 unspecified atom stereocenters. The number of aryl methyl sites for hydroxylation is 3. The molecule has 5 rings (SSSR count). The van der Waals surface area contributed by atoms with E-state index >= 15 is 0 Å². The molecule has 0 aliphatic carbocycles. The number of benzene rings is 3. The zero-order valence-electron chi connectivity index (χ0n) is 21.6. The zero-order chi connectivity index (χ0) is 24.6. The Balaban J connectivity index is 1.83. The summed E-state index contributed by atoms with van der Waals surface area (Å²) in [5.41, 5.74) is 5.57. The first-order valence-corrected chi connectivity index (χ1v) is 15.5. The van der Waals surface area contributed by atoms with Crippen molar-refractivity contribution in [2.45, 2.75) is 59.3 Å². The van der Waals surface area contributed by atoms with E-state index in [-0.39, 0.29) is 0 Å². The summed E-state index contributed by atoms with van der Waals surface area (Å²) in [6.45, 7) is 23.2. The van der Waals surface area contributed by atoms with Gasteiger partial charge in [-0.15, -0.1) is 0 Å². The van der Waals surface area contributed by atoms with Gasteiger partial charge >= 0.3 is 0 Å². The summed E-state index contributed by atoms with van der Waals surface area (Å²) in [6.07, 6.45) is 2.84. The van der Waals surface area contributed by atoms with Gasteiger partial charge < -0.3 is 9.58 Å². The predicted octanol–water partition coefficient (Wildman–Crippen LogP) is 6.99. The quantitative estimate of drug-likeness (QED) is 0.159. The number of aromatic nitrogens is 1. The summed E-state index contributed by atoms with van der Waals surface area (Å²) in [7, 11) is 0.687. The minimum Gasteiger partial charge on any atom is -0.455 e. The van der Waals surface area contributed by atoms with Crippen LogP contribution in [0.3, 0.4) is 0 Å². The van der Waals surface area contributed by atoms with Crippen LogP contribution in [0.5, 0.6) is 11.5 Å². The fraction of sp³-hybridized carbons (Fsp3) is 0.333. The third-order valence-corrected chi connectivity index (χ3v) is 9.33. The summed E-state index contributed by atoms with van der Waals surface area (Å²) < 4.78 is 8.99. The minimum atomic E-state index is -1.44. The van der Waals surface area contributed by atoms with Gasteiger partial charge in [-0.2, -0.15) is 0 Å². The molecule has 0 saturated carbocycles. The highest BCUT2D eigenvalue weighted by Crippen LogP contribution is 2.50. The van der Waals surface area contributed by atoms with E-state index in [1.54, 1.807) is 0 Å². The second-order valence-corrected chi connectivity index (χ2v) is 16.6. The molecule has 0 atom stereocenters. The molecule has 0 amide bonds. The molecule has 2 heterocycles. The van der Waals surface area contributed by atoms with Crippen LogP contribution < -0.4 is 14.5 Å². The fourth-order valence-corrected chi connectivity index (χ4v) is 6.49. The van der Waals surface area contributed by atoms with Crippen LogP contribution >= 0.6 is 0 Å². The Kier molecular flexibility index (Phi) is 4.93. The lowest BCUT2D eigenvalue weighted by Gasteiger charge is -2.26. The largest absolute Gasteiger partial charge is 0.455 e. The van der Waals surface area contributed by atoms with Crippen molar-refractivity contribution in [2.24, 2.45) is 7.05 Å². The highest BCUT2D eigenvalue weighted by Gasteiger charge is 2.33. The van der Waals surface area contributed by atoms with Crippen molar-refractivity contribution in [3.63, 3.8) is 0 Å². The highest BCUT2D eigenvalue weighted by molar-refractivity contribution is 6.88. The van der Waals surface area contributed by atoms with E-state index < -0.39 is 13.6 Å². The molecule has 4 heteroatoms. The lowest BCUT2D eigenvalue weighted by Crippen LogP contribution is -2.37. The van der Waals surface area contributed by atoms with Crippen molar-refractivity contribution in [1.29, 1.82) is 0 Å². The Hall–Kier alpha value is -3.16. The Labute approximate surface area is 203 Å². The van der Waals surface area contributed by atoms with Crippen LogP contribution in [0.25, 0.3) is 37.6 Å². The lowest BCUT2D eigenvalue weighted by molar-refractivity contribution is -0.659. The second kappa shape index (κ2) is 7.42. The smallest absolute Gasteiger partial charge is 0.231 e. The summed E-state index contributed by atoms with van der Waals surface area (Å²) >= 11 is 0. The first-order valence-electron chi connectivity index (χ1n) is 12.0. The first-order chi connectivity index (χ1) is 15.9. The molecule has 3 aromatic carbocycles. The van der Waals surface area contributed by atoms with Crippen molar-refractivity contribution >= 4 is 34.8 Å². The Morgan fingerprint density at radius 3 is 2.41 bits per heavy atom. The summed E-state index contributed by atoms with van der Waals surface area (Å²) in [5, 5.41) is 6.38. The van der Waals surface area contributed by atoms with Crippen molar-refractivity contribution in [3.8, 4) is 22.8 Å². The Bertz CT molecular complexity index is 1550. The molecular formula is C30H33N2OSi+. The number of ether oxygens (including phenoxy) is 1. The number of rotatable bonds is 3.